The van der Waals surface area contributed by atoms with Gasteiger partial charge in [0.1, 0.15) is 6.04 Å². The van der Waals surface area contributed by atoms with E-state index in [-0.39, 0.29) is 5.91 Å². The molecule has 0 saturated heterocycles. The molecule has 0 radical (unpaired) electrons. The second-order valence-electron chi connectivity index (χ2n) is 5.85. The lowest BCUT2D eigenvalue weighted by molar-refractivity contribution is -0.120. The first-order chi connectivity index (χ1) is 11.5. The summed E-state index contributed by atoms with van der Waals surface area (Å²) in [5, 5.41) is 3.71. The molecule has 3 rings (SSSR count). The number of amides is 2. The highest BCUT2D eigenvalue weighted by Gasteiger charge is 2.21. The lowest BCUT2D eigenvalue weighted by Gasteiger charge is -2.16. The van der Waals surface area contributed by atoms with Gasteiger partial charge in [0.05, 0.1) is 0 Å². The smallest absolute Gasteiger partial charge is 0.252 e. The van der Waals surface area contributed by atoms with Crippen LogP contribution in [0, 0.1) is 13.8 Å². The number of nitrogens with two attached hydrogens (primary N) is 1. The molecule has 122 valence electrons. The molecule has 0 fully saturated rings. The fraction of sp³-hybridized carbons (Fsp3) is 0.158. The fourth-order valence-electron chi connectivity index (χ4n) is 2.78. The normalized spacial score (nSPS) is 12.1. The van der Waals surface area contributed by atoms with Crippen molar-refractivity contribution in [2.45, 2.75) is 19.9 Å². The number of H-pyrrole nitrogens is 1. The van der Waals surface area contributed by atoms with Gasteiger partial charge in [0.25, 0.3) is 5.91 Å². The highest BCUT2D eigenvalue weighted by Crippen LogP contribution is 2.23. The molecule has 0 unspecified atom stereocenters. The Balaban J connectivity index is 1.90. The van der Waals surface area contributed by atoms with E-state index in [2.05, 4.69) is 10.3 Å². The number of hydrogen-bond donors (Lipinski definition) is 3. The number of rotatable bonds is 4. The van der Waals surface area contributed by atoms with Gasteiger partial charge < -0.3 is 16.0 Å². The van der Waals surface area contributed by atoms with Crippen molar-refractivity contribution >= 4 is 22.7 Å². The summed E-state index contributed by atoms with van der Waals surface area (Å²) in [4.78, 5) is 27.6. The van der Waals surface area contributed by atoms with Gasteiger partial charge in [-0.2, -0.15) is 0 Å². The number of carbonyl (C=O) groups excluding carboxylic acids is 2. The van der Waals surface area contributed by atoms with E-state index >= 15 is 0 Å². The zero-order chi connectivity index (χ0) is 17.3. The number of aromatic amines is 1. The Morgan fingerprint density at radius 2 is 1.79 bits per heavy atom. The number of hydrogen-bond acceptors (Lipinski definition) is 2. The van der Waals surface area contributed by atoms with E-state index in [1.807, 2.05) is 32.0 Å². The molecule has 0 spiro atoms. The quantitative estimate of drug-likeness (QED) is 0.690. The predicted octanol–water partition coefficient (Wildman–Crippen LogP) is 2.74. The minimum Gasteiger partial charge on any atom is -0.368 e. The van der Waals surface area contributed by atoms with Crippen LogP contribution in [0.4, 0.5) is 0 Å². The molecular formula is C19H19N3O2. The van der Waals surface area contributed by atoms with Crippen LogP contribution < -0.4 is 11.1 Å². The van der Waals surface area contributed by atoms with Gasteiger partial charge in [-0.05, 0) is 43.2 Å². The van der Waals surface area contributed by atoms with Crippen LogP contribution in [0.5, 0.6) is 0 Å². The monoisotopic (exact) mass is 321 g/mol. The number of fused-ring (bicyclic) bond motifs is 1. The summed E-state index contributed by atoms with van der Waals surface area (Å²) in [5.41, 5.74) is 9.77. The number of benzene rings is 2. The maximum Gasteiger partial charge on any atom is 0.252 e. The van der Waals surface area contributed by atoms with Gasteiger partial charge in [-0.25, -0.2) is 0 Å². The fourth-order valence-corrected chi connectivity index (χ4v) is 2.78. The summed E-state index contributed by atoms with van der Waals surface area (Å²) < 4.78 is 0. The first-order valence-corrected chi connectivity index (χ1v) is 7.71. The van der Waals surface area contributed by atoms with Crippen LogP contribution in [0.3, 0.4) is 0 Å². The summed E-state index contributed by atoms with van der Waals surface area (Å²) in [6.45, 7) is 4.00. The van der Waals surface area contributed by atoms with Crippen molar-refractivity contribution in [2.75, 3.05) is 0 Å². The summed E-state index contributed by atoms with van der Waals surface area (Å²) in [5.74, 6) is -0.924. The van der Waals surface area contributed by atoms with Gasteiger partial charge in [-0.3, -0.25) is 9.59 Å². The highest BCUT2D eigenvalue weighted by molar-refractivity contribution is 6.01. The minimum atomic E-state index is -0.858. The summed E-state index contributed by atoms with van der Waals surface area (Å²) in [7, 11) is 0. The third kappa shape index (κ3) is 2.88. The Bertz CT molecular complexity index is 913. The van der Waals surface area contributed by atoms with Crippen molar-refractivity contribution in [1.29, 1.82) is 0 Å². The first-order valence-electron chi connectivity index (χ1n) is 7.71. The van der Waals surface area contributed by atoms with Gasteiger partial charge in [0.15, 0.2) is 0 Å². The SMILES string of the molecule is Cc1[nH]c2ccc(C(=O)N[C@@H](C(N)=O)c3ccccc3)cc2c1C. The van der Waals surface area contributed by atoms with E-state index in [1.54, 1.807) is 30.3 Å². The Morgan fingerprint density at radius 3 is 2.46 bits per heavy atom. The van der Waals surface area contributed by atoms with Gasteiger partial charge in [-0.15, -0.1) is 0 Å². The van der Waals surface area contributed by atoms with E-state index < -0.39 is 11.9 Å². The van der Waals surface area contributed by atoms with E-state index in [1.165, 1.54) is 0 Å². The van der Waals surface area contributed by atoms with Crippen LogP contribution in [-0.2, 0) is 4.79 Å². The summed E-state index contributed by atoms with van der Waals surface area (Å²) in [6, 6.07) is 13.5. The van der Waals surface area contributed by atoms with Gasteiger partial charge in [0, 0.05) is 22.2 Å². The maximum absolute atomic E-state index is 12.6. The molecular weight excluding hydrogens is 302 g/mol. The van der Waals surface area contributed by atoms with Crippen LogP contribution in [0.2, 0.25) is 0 Å². The van der Waals surface area contributed by atoms with Crippen LogP contribution in [0.15, 0.2) is 48.5 Å². The maximum atomic E-state index is 12.6. The Labute approximate surface area is 139 Å². The summed E-state index contributed by atoms with van der Waals surface area (Å²) >= 11 is 0. The zero-order valence-electron chi connectivity index (χ0n) is 13.6. The minimum absolute atomic E-state index is 0.331. The van der Waals surface area contributed by atoms with Crippen molar-refractivity contribution in [1.82, 2.24) is 10.3 Å². The molecule has 5 heteroatoms. The van der Waals surface area contributed by atoms with Gasteiger partial charge in [-0.1, -0.05) is 30.3 Å². The highest BCUT2D eigenvalue weighted by atomic mass is 16.2. The van der Waals surface area contributed by atoms with Gasteiger partial charge in [0.2, 0.25) is 5.91 Å². The Hall–Kier alpha value is -3.08. The van der Waals surface area contributed by atoms with Crippen molar-refractivity contribution < 1.29 is 9.59 Å². The van der Waals surface area contributed by atoms with Crippen molar-refractivity contribution in [2.24, 2.45) is 5.73 Å². The van der Waals surface area contributed by atoms with E-state index in [9.17, 15) is 9.59 Å². The van der Waals surface area contributed by atoms with Crippen LogP contribution in [-0.4, -0.2) is 16.8 Å². The van der Waals surface area contributed by atoms with E-state index in [0.29, 0.717) is 11.1 Å². The molecule has 4 N–H and O–H groups in total. The number of aromatic nitrogens is 1. The number of carbonyl (C=O) groups is 2. The van der Waals surface area contributed by atoms with E-state index in [0.717, 1.165) is 22.2 Å². The molecule has 2 amide bonds. The van der Waals surface area contributed by atoms with Crippen molar-refractivity contribution in [3.8, 4) is 0 Å². The van der Waals surface area contributed by atoms with Crippen LogP contribution in [0.25, 0.3) is 10.9 Å². The summed E-state index contributed by atoms with van der Waals surface area (Å²) in [6.07, 6.45) is 0. The molecule has 0 aliphatic carbocycles. The molecule has 1 heterocycles. The number of nitrogens with one attached hydrogen (secondary N) is 2. The molecule has 5 nitrogen and oxygen atoms in total. The average molecular weight is 321 g/mol. The van der Waals surface area contributed by atoms with E-state index in [4.69, 9.17) is 5.73 Å². The first kappa shape index (κ1) is 15.8. The topological polar surface area (TPSA) is 88.0 Å². The molecule has 1 atom stereocenters. The molecule has 24 heavy (non-hydrogen) atoms. The predicted molar refractivity (Wildman–Crippen MR) is 93.6 cm³/mol. The van der Waals surface area contributed by atoms with Crippen LogP contribution in [0.1, 0.15) is 33.2 Å². The largest absolute Gasteiger partial charge is 0.368 e. The molecule has 1 aromatic heterocycles. The lowest BCUT2D eigenvalue weighted by atomic mass is 10.0. The van der Waals surface area contributed by atoms with Gasteiger partial charge >= 0.3 is 0 Å². The Morgan fingerprint density at radius 1 is 1.08 bits per heavy atom. The molecule has 3 aromatic rings. The molecule has 0 saturated carbocycles. The number of aryl methyl sites for hydroxylation is 2. The average Bonchev–Trinajstić information content (AvgIpc) is 2.87. The van der Waals surface area contributed by atoms with Crippen LogP contribution >= 0.6 is 0 Å². The second kappa shape index (κ2) is 6.20. The molecule has 0 aliphatic heterocycles. The Kier molecular flexibility index (Phi) is 4.08. The third-order valence-corrected chi connectivity index (χ3v) is 4.26. The molecule has 0 aliphatic rings. The number of primary amides is 1. The zero-order valence-corrected chi connectivity index (χ0v) is 13.6. The third-order valence-electron chi connectivity index (χ3n) is 4.26. The second-order valence-corrected chi connectivity index (χ2v) is 5.85. The molecule has 2 aromatic carbocycles. The lowest BCUT2D eigenvalue weighted by Crippen LogP contribution is -2.37. The molecule has 0 bridgehead atoms. The standard InChI is InChI=1S/C19H19N3O2/c1-11-12(2)21-16-9-8-14(10-15(11)16)19(24)22-17(18(20)23)13-6-4-3-5-7-13/h3-10,17,21H,1-2H3,(H2,20,23)(H,22,24)/t17-/m1/s1. The van der Waals surface area contributed by atoms with Crippen molar-refractivity contribution in [3.05, 3.63) is 70.9 Å². The van der Waals surface area contributed by atoms with Crippen molar-refractivity contribution in [3.63, 3.8) is 0 Å².